The summed E-state index contributed by atoms with van der Waals surface area (Å²) in [6.07, 6.45) is 0. The van der Waals surface area contributed by atoms with Crippen LogP contribution in [0.3, 0.4) is 0 Å². The molecule has 0 bridgehead atoms. The molecule has 194 valence electrons. The zero-order chi connectivity index (χ0) is 27.1. The summed E-state index contributed by atoms with van der Waals surface area (Å²) >= 11 is 0. The lowest BCUT2D eigenvalue weighted by molar-refractivity contribution is -0.159. The van der Waals surface area contributed by atoms with Crippen LogP contribution in [0.1, 0.15) is 50.7 Å². The number of methoxy groups -OCH3 is 4. The van der Waals surface area contributed by atoms with Gasteiger partial charge in [0.1, 0.15) is 23.0 Å². The zero-order valence-electron chi connectivity index (χ0n) is 21.0. The van der Waals surface area contributed by atoms with Crippen LogP contribution in [-0.4, -0.2) is 59.0 Å². The second-order valence-corrected chi connectivity index (χ2v) is 9.79. The van der Waals surface area contributed by atoms with E-state index in [0.29, 0.717) is 34.1 Å². The molecule has 2 aromatic rings. The molecule has 0 aliphatic rings. The highest BCUT2D eigenvalue weighted by atomic mass is 32.2. The molecule has 0 aliphatic heterocycles. The van der Waals surface area contributed by atoms with Gasteiger partial charge in [0.05, 0.1) is 38.2 Å². The molecule has 2 aromatic carbocycles. The molecular weight excluding hydrogens is 480 g/mol. The Hall–Kier alpha value is -3.47. The van der Waals surface area contributed by atoms with Gasteiger partial charge < -0.3 is 29.2 Å². The van der Waals surface area contributed by atoms with Crippen molar-refractivity contribution in [2.24, 2.45) is 0 Å². The van der Waals surface area contributed by atoms with Crippen LogP contribution >= 0.6 is 0 Å². The van der Waals surface area contributed by atoms with Gasteiger partial charge in [0.15, 0.2) is 0 Å². The highest BCUT2D eigenvalue weighted by Crippen LogP contribution is 2.43. The van der Waals surface area contributed by atoms with Crippen LogP contribution in [0.15, 0.2) is 34.1 Å². The number of carbonyl (C=O) groups is 2. The maximum absolute atomic E-state index is 13.9. The maximum atomic E-state index is 13.9. The van der Waals surface area contributed by atoms with Crippen LogP contribution in [0.2, 0.25) is 0 Å². The van der Waals surface area contributed by atoms with Crippen molar-refractivity contribution in [3.8, 4) is 23.0 Å². The van der Waals surface area contributed by atoms with Gasteiger partial charge in [0, 0.05) is 23.3 Å². The van der Waals surface area contributed by atoms with Crippen molar-refractivity contribution in [3.05, 3.63) is 35.4 Å². The van der Waals surface area contributed by atoms with Gasteiger partial charge >= 0.3 is 11.9 Å². The molecule has 2 N–H and O–H groups in total. The highest BCUT2D eigenvalue weighted by molar-refractivity contribution is 7.91. The Balaban J connectivity index is 0.000000905. The van der Waals surface area contributed by atoms with E-state index >= 15 is 0 Å². The fourth-order valence-corrected chi connectivity index (χ4v) is 5.46. The fourth-order valence-electron chi connectivity index (χ4n) is 3.43. The van der Waals surface area contributed by atoms with Crippen LogP contribution in [-0.2, 0) is 19.4 Å². The normalized spacial score (nSPS) is 10.9. The van der Waals surface area contributed by atoms with E-state index in [0.717, 1.165) is 0 Å². The van der Waals surface area contributed by atoms with E-state index in [1.807, 2.05) is 27.7 Å². The van der Waals surface area contributed by atoms with Gasteiger partial charge in [-0.2, -0.15) is 0 Å². The summed E-state index contributed by atoms with van der Waals surface area (Å²) in [6, 6.07) is 6.49. The van der Waals surface area contributed by atoms with Gasteiger partial charge in [0.2, 0.25) is 9.84 Å². The minimum Gasteiger partial charge on any atom is -0.497 e. The Morgan fingerprint density at radius 3 is 1.17 bits per heavy atom. The molecule has 0 spiro atoms. The molecule has 0 saturated heterocycles. The van der Waals surface area contributed by atoms with Crippen LogP contribution in [0.25, 0.3) is 0 Å². The largest absolute Gasteiger partial charge is 0.497 e. The molecule has 0 amide bonds. The number of rotatable bonds is 8. The minimum absolute atomic E-state index is 0.0874. The Morgan fingerprint density at radius 2 is 0.971 bits per heavy atom. The Bertz CT molecular complexity index is 1080. The lowest BCUT2D eigenvalue weighted by Crippen LogP contribution is -2.13. The number of ether oxygens (including phenoxy) is 4. The molecule has 0 radical (unpaired) electrons. The topological polar surface area (TPSA) is 146 Å². The average Bonchev–Trinajstić information content (AvgIpc) is 2.81. The summed E-state index contributed by atoms with van der Waals surface area (Å²) < 4.78 is 49.5. The Kier molecular flexibility index (Phi) is 10.4. The molecule has 0 aliphatic carbocycles. The third-order valence-electron chi connectivity index (χ3n) is 4.98. The van der Waals surface area contributed by atoms with Gasteiger partial charge in [-0.15, -0.1) is 0 Å². The summed E-state index contributed by atoms with van der Waals surface area (Å²) in [4.78, 5) is 18.5. The lowest BCUT2D eigenvalue weighted by Gasteiger charge is -2.22. The predicted molar refractivity (Wildman–Crippen MR) is 128 cm³/mol. The first-order chi connectivity index (χ1) is 16.3. The average molecular weight is 513 g/mol. The van der Waals surface area contributed by atoms with Crippen LogP contribution in [0.4, 0.5) is 0 Å². The van der Waals surface area contributed by atoms with Gasteiger partial charge in [-0.25, -0.2) is 18.0 Å². The standard InChI is InChI=1S/C22H30O6S.C2H2O4/c1-13(2)21-17(27-7)9-15(25-5)11-19(21)29(23,24)20-12-16(26-6)10-18(28-8)22(20)14(3)4;3-1(4)2(5)6/h9-14H,1-8H3;(H,3,4)(H,5,6). The maximum Gasteiger partial charge on any atom is 0.414 e. The SMILES string of the molecule is COc1cc(OC)c(C(C)C)c(S(=O)(=O)c2cc(OC)cc(OC)c2C(C)C)c1.O=C(O)C(=O)O. The first-order valence-electron chi connectivity index (χ1n) is 10.5. The number of sulfone groups is 1. The van der Waals surface area contributed by atoms with Gasteiger partial charge in [-0.3, -0.25) is 0 Å². The number of aliphatic carboxylic acids is 2. The number of hydrogen-bond donors (Lipinski definition) is 2. The molecule has 0 unspecified atom stereocenters. The van der Waals surface area contributed by atoms with Crippen molar-refractivity contribution in [2.45, 2.75) is 49.3 Å². The predicted octanol–water partition coefficient (Wildman–Crippen LogP) is 3.96. The van der Waals surface area contributed by atoms with E-state index in [1.165, 1.54) is 28.4 Å². The Morgan fingerprint density at radius 1 is 0.657 bits per heavy atom. The molecule has 35 heavy (non-hydrogen) atoms. The van der Waals surface area contributed by atoms with Crippen LogP contribution < -0.4 is 18.9 Å². The third-order valence-corrected chi connectivity index (χ3v) is 6.82. The van der Waals surface area contributed by atoms with Gasteiger partial charge in [-0.05, 0) is 24.0 Å². The zero-order valence-corrected chi connectivity index (χ0v) is 21.8. The van der Waals surface area contributed by atoms with E-state index < -0.39 is 21.8 Å². The number of hydrogen-bond acceptors (Lipinski definition) is 8. The molecular formula is C24H32O10S. The molecule has 10 nitrogen and oxygen atoms in total. The van der Waals surface area contributed by atoms with Crippen molar-refractivity contribution >= 4 is 21.8 Å². The smallest absolute Gasteiger partial charge is 0.414 e. The van der Waals surface area contributed by atoms with E-state index in [9.17, 15) is 8.42 Å². The monoisotopic (exact) mass is 512 g/mol. The third kappa shape index (κ3) is 6.78. The molecule has 0 atom stereocenters. The van der Waals surface area contributed by atoms with E-state index in [4.69, 9.17) is 38.7 Å². The summed E-state index contributed by atoms with van der Waals surface area (Å²) in [7, 11) is 2.09. The molecule has 0 heterocycles. The second-order valence-electron chi connectivity index (χ2n) is 7.91. The van der Waals surface area contributed by atoms with Crippen molar-refractivity contribution < 1.29 is 47.2 Å². The molecule has 0 saturated carbocycles. The first kappa shape index (κ1) is 29.6. The summed E-state index contributed by atoms with van der Waals surface area (Å²) in [5.74, 6) is -2.06. The summed E-state index contributed by atoms with van der Waals surface area (Å²) in [6.45, 7) is 7.72. The molecule has 11 heteroatoms. The second kappa shape index (κ2) is 12.3. The quantitative estimate of drug-likeness (QED) is 0.498. The van der Waals surface area contributed by atoms with Gasteiger partial charge in [0.25, 0.3) is 0 Å². The van der Waals surface area contributed by atoms with E-state index in [1.54, 1.807) is 24.3 Å². The van der Waals surface area contributed by atoms with Crippen molar-refractivity contribution in [2.75, 3.05) is 28.4 Å². The molecule has 2 rings (SSSR count). The highest BCUT2D eigenvalue weighted by Gasteiger charge is 2.31. The Labute approximate surface area is 205 Å². The minimum atomic E-state index is -3.94. The van der Waals surface area contributed by atoms with Crippen molar-refractivity contribution in [3.63, 3.8) is 0 Å². The number of carboxylic acids is 2. The first-order valence-corrected chi connectivity index (χ1v) is 12.0. The number of benzene rings is 2. The molecule has 0 aromatic heterocycles. The number of carboxylic acid groups (broad SMARTS) is 2. The summed E-state index contributed by atoms with van der Waals surface area (Å²) in [5.41, 5.74) is 1.20. The van der Waals surface area contributed by atoms with E-state index in [-0.39, 0.29) is 21.6 Å². The van der Waals surface area contributed by atoms with Crippen molar-refractivity contribution in [1.82, 2.24) is 0 Å². The van der Waals surface area contributed by atoms with Crippen LogP contribution in [0, 0.1) is 0 Å². The lowest BCUT2D eigenvalue weighted by atomic mass is 10.0. The summed E-state index contributed by atoms with van der Waals surface area (Å²) in [5, 5.41) is 14.8. The molecule has 0 fully saturated rings. The van der Waals surface area contributed by atoms with E-state index in [2.05, 4.69) is 0 Å². The van der Waals surface area contributed by atoms with Gasteiger partial charge in [-0.1, -0.05) is 27.7 Å². The van der Waals surface area contributed by atoms with Crippen LogP contribution in [0.5, 0.6) is 23.0 Å². The van der Waals surface area contributed by atoms with Crippen molar-refractivity contribution in [1.29, 1.82) is 0 Å². The fraction of sp³-hybridized carbons (Fsp3) is 0.417.